The molecule has 0 amide bonds. The lowest BCUT2D eigenvalue weighted by Crippen LogP contribution is -1.94. The van der Waals surface area contributed by atoms with Gasteiger partial charge in [0.15, 0.2) is 0 Å². The maximum Gasteiger partial charge on any atom is 0.0619 e. The summed E-state index contributed by atoms with van der Waals surface area (Å²) in [6.07, 6.45) is 0. The van der Waals surface area contributed by atoms with Gasteiger partial charge >= 0.3 is 0 Å². The lowest BCUT2D eigenvalue weighted by atomic mass is 9.86. The van der Waals surface area contributed by atoms with Crippen molar-refractivity contribution in [2.24, 2.45) is 0 Å². The minimum Gasteiger partial charge on any atom is -0.309 e. The topological polar surface area (TPSA) is 4.93 Å². The van der Waals surface area contributed by atoms with Gasteiger partial charge in [0.2, 0.25) is 0 Å². The molecule has 0 saturated carbocycles. The van der Waals surface area contributed by atoms with Crippen molar-refractivity contribution in [1.29, 1.82) is 0 Å². The largest absolute Gasteiger partial charge is 0.309 e. The summed E-state index contributed by atoms with van der Waals surface area (Å²) in [5.41, 5.74) is 8.71. The van der Waals surface area contributed by atoms with Crippen molar-refractivity contribution in [3.63, 3.8) is 0 Å². The highest BCUT2D eigenvalue weighted by atomic mass is 15.0. The van der Waals surface area contributed by atoms with Crippen LogP contribution in [0.1, 0.15) is 0 Å². The second-order valence-corrected chi connectivity index (χ2v) is 11.3. The molecule has 1 aromatic heterocycles. The number of nitrogens with zero attached hydrogens (tertiary/aromatic N) is 1. The fraction of sp³-hybridized carbons (Fsp3) is 0. The molecule has 9 aromatic rings. The monoisotopic (exact) mass is 545 g/mol. The molecular formula is C42H27N. The molecule has 0 aliphatic rings. The predicted octanol–water partition coefficient (Wildman–Crippen LogP) is 11.6. The average molecular weight is 546 g/mol. The van der Waals surface area contributed by atoms with Crippen LogP contribution in [0.25, 0.3) is 82.1 Å². The van der Waals surface area contributed by atoms with Gasteiger partial charge in [0.25, 0.3) is 0 Å². The maximum atomic E-state index is 2.44. The molecule has 0 bridgehead atoms. The Kier molecular flexibility index (Phi) is 5.27. The first-order chi connectivity index (χ1) is 21.4. The van der Waals surface area contributed by atoms with Gasteiger partial charge in [-0.15, -0.1) is 0 Å². The normalized spacial score (nSPS) is 11.7. The molecule has 0 aliphatic carbocycles. The minimum atomic E-state index is 1.18. The van der Waals surface area contributed by atoms with Gasteiger partial charge in [-0.05, 0) is 73.5 Å². The highest BCUT2D eigenvalue weighted by molar-refractivity contribution is 6.23. The van der Waals surface area contributed by atoms with Gasteiger partial charge in [-0.3, -0.25) is 0 Å². The average Bonchev–Trinajstić information content (AvgIpc) is 3.42. The number of hydrogen-bond acceptors (Lipinski definition) is 0. The van der Waals surface area contributed by atoms with Crippen LogP contribution in [0.2, 0.25) is 0 Å². The SMILES string of the molecule is c1ccc(-c2c3ccccc3c(-c3ccc4c(c3)c3ccc5ccccc5c3n4-c3ccccc3)c3ccccc23)cc1. The van der Waals surface area contributed by atoms with Crippen molar-refractivity contribution in [2.75, 3.05) is 0 Å². The molecule has 0 unspecified atom stereocenters. The smallest absolute Gasteiger partial charge is 0.0619 e. The Labute approximate surface area is 249 Å². The molecule has 0 N–H and O–H groups in total. The van der Waals surface area contributed by atoms with Crippen LogP contribution in [-0.2, 0) is 0 Å². The van der Waals surface area contributed by atoms with Gasteiger partial charge < -0.3 is 4.57 Å². The second kappa shape index (κ2) is 9.44. The Morgan fingerprint density at radius 2 is 0.860 bits per heavy atom. The van der Waals surface area contributed by atoms with Gasteiger partial charge in [0.05, 0.1) is 11.0 Å². The third-order valence-corrected chi connectivity index (χ3v) is 8.95. The molecular weight excluding hydrogens is 518 g/mol. The summed E-state index contributed by atoms with van der Waals surface area (Å²) in [5.74, 6) is 0. The van der Waals surface area contributed by atoms with E-state index in [9.17, 15) is 0 Å². The van der Waals surface area contributed by atoms with Gasteiger partial charge in [0.1, 0.15) is 0 Å². The Morgan fingerprint density at radius 1 is 0.326 bits per heavy atom. The zero-order valence-corrected chi connectivity index (χ0v) is 23.5. The summed E-state index contributed by atoms with van der Waals surface area (Å²) in [5, 5.41) is 10.2. The molecule has 0 spiro atoms. The molecule has 200 valence electrons. The van der Waals surface area contributed by atoms with Crippen molar-refractivity contribution in [3.05, 3.63) is 164 Å². The summed E-state index contributed by atoms with van der Waals surface area (Å²) >= 11 is 0. The van der Waals surface area contributed by atoms with Crippen molar-refractivity contribution in [3.8, 4) is 27.9 Å². The minimum absolute atomic E-state index is 1.18. The molecule has 1 heterocycles. The molecule has 0 atom stereocenters. The maximum absolute atomic E-state index is 2.44. The second-order valence-electron chi connectivity index (χ2n) is 11.3. The Balaban J connectivity index is 1.41. The van der Waals surface area contributed by atoms with E-state index >= 15 is 0 Å². The Bertz CT molecular complexity index is 2430. The standard InChI is InChI=1S/C42H27N/c1-3-14-29(15-4-1)40-33-19-9-11-21-35(33)41(36-22-12-10-20-34(36)40)30-24-26-39-38(27-30)37-25-23-28-13-7-8-18-32(28)42(37)43(39)31-16-5-2-6-17-31/h1-27H. The van der Waals surface area contributed by atoms with Crippen LogP contribution in [0.3, 0.4) is 0 Å². The van der Waals surface area contributed by atoms with Crippen molar-refractivity contribution in [1.82, 2.24) is 4.57 Å². The number of hydrogen-bond donors (Lipinski definition) is 0. The van der Waals surface area contributed by atoms with E-state index in [1.807, 2.05) is 0 Å². The quantitative estimate of drug-likeness (QED) is 0.195. The number of aromatic nitrogens is 1. The van der Waals surface area contributed by atoms with Gasteiger partial charge in [-0.1, -0.05) is 140 Å². The molecule has 43 heavy (non-hydrogen) atoms. The molecule has 1 heteroatoms. The number of benzene rings is 8. The molecule has 9 rings (SSSR count). The lowest BCUT2D eigenvalue weighted by molar-refractivity contribution is 1.19. The van der Waals surface area contributed by atoms with Gasteiger partial charge in [-0.25, -0.2) is 0 Å². The van der Waals surface area contributed by atoms with E-state index in [2.05, 4.69) is 168 Å². The van der Waals surface area contributed by atoms with Crippen LogP contribution < -0.4 is 0 Å². The van der Waals surface area contributed by atoms with Crippen molar-refractivity contribution < 1.29 is 0 Å². The van der Waals surface area contributed by atoms with E-state index in [1.165, 1.54) is 82.1 Å². The molecule has 8 aromatic carbocycles. The zero-order chi connectivity index (χ0) is 28.3. The zero-order valence-electron chi connectivity index (χ0n) is 23.5. The van der Waals surface area contributed by atoms with Crippen LogP contribution in [0.5, 0.6) is 0 Å². The Morgan fingerprint density at radius 3 is 1.51 bits per heavy atom. The summed E-state index contributed by atoms with van der Waals surface area (Å²) in [6, 6.07) is 59.7. The summed E-state index contributed by atoms with van der Waals surface area (Å²) < 4.78 is 2.44. The van der Waals surface area contributed by atoms with Crippen LogP contribution in [0.15, 0.2) is 164 Å². The molecule has 0 fully saturated rings. The van der Waals surface area contributed by atoms with E-state index in [1.54, 1.807) is 0 Å². The fourth-order valence-corrected chi connectivity index (χ4v) is 7.14. The van der Waals surface area contributed by atoms with E-state index in [4.69, 9.17) is 0 Å². The van der Waals surface area contributed by atoms with Crippen LogP contribution in [0, 0.1) is 0 Å². The number of para-hydroxylation sites is 1. The van der Waals surface area contributed by atoms with Crippen LogP contribution >= 0.6 is 0 Å². The van der Waals surface area contributed by atoms with E-state index in [0.29, 0.717) is 0 Å². The highest BCUT2D eigenvalue weighted by Gasteiger charge is 2.19. The Hall–Kier alpha value is -5.66. The van der Waals surface area contributed by atoms with Crippen LogP contribution in [-0.4, -0.2) is 4.57 Å². The predicted molar refractivity (Wildman–Crippen MR) is 184 cm³/mol. The number of rotatable bonds is 3. The first kappa shape index (κ1) is 24.0. The molecule has 0 radical (unpaired) electrons. The molecule has 1 nitrogen and oxygen atoms in total. The molecule has 0 saturated heterocycles. The van der Waals surface area contributed by atoms with E-state index in [-0.39, 0.29) is 0 Å². The first-order valence-electron chi connectivity index (χ1n) is 14.9. The lowest BCUT2D eigenvalue weighted by Gasteiger charge is -2.18. The van der Waals surface area contributed by atoms with E-state index in [0.717, 1.165) is 0 Å². The van der Waals surface area contributed by atoms with E-state index < -0.39 is 0 Å². The number of fused-ring (bicyclic) bond motifs is 7. The fourth-order valence-electron chi connectivity index (χ4n) is 7.14. The van der Waals surface area contributed by atoms with Gasteiger partial charge in [-0.2, -0.15) is 0 Å². The van der Waals surface area contributed by atoms with Crippen molar-refractivity contribution >= 4 is 54.1 Å². The summed E-state index contributed by atoms with van der Waals surface area (Å²) in [7, 11) is 0. The molecule has 0 aliphatic heterocycles. The van der Waals surface area contributed by atoms with Crippen LogP contribution in [0.4, 0.5) is 0 Å². The van der Waals surface area contributed by atoms with Gasteiger partial charge in [0, 0.05) is 21.8 Å². The third-order valence-electron chi connectivity index (χ3n) is 8.95. The summed E-state index contributed by atoms with van der Waals surface area (Å²) in [6.45, 7) is 0. The van der Waals surface area contributed by atoms with Crippen molar-refractivity contribution in [2.45, 2.75) is 0 Å². The summed E-state index contributed by atoms with van der Waals surface area (Å²) in [4.78, 5) is 0. The third kappa shape index (κ3) is 3.58. The highest BCUT2D eigenvalue weighted by Crippen LogP contribution is 2.45. The first-order valence-corrected chi connectivity index (χ1v) is 14.9.